The first-order chi connectivity index (χ1) is 6.34. The minimum absolute atomic E-state index is 0.309. The van der Waals surface area contributed by atoms with Crippen LogP contribution in [0.4, 0.5) is 4.39 Å². The van der Waals surface area contributed by atoms with Crippen LogP contribution in [0.1, 0.15) is 13.3 Å². The first kappa shape index (κ1) is 9.78. The van der Waals surface area contributed by atoms with Crippen LogP contribution in [-0.4, -0.2) is 6.61 Å². The van der Waals surface area contributed by atoms with Crippen molar-refractivity contribution in [3.63, 3.8) is 0 Å². The molecule has 0 aliphatic rings. The number of allylic oxidation sites excluding steroid dienone is 1. The van der Waals surface area contributed by atoms with Crippen molar-refractivity contribution in [2.24, 2.45) is 0 Å². The molecule has 0 amide bonds. The summed E-state index contributed by atoms with van der Waals surface area (Å²) in [5.74, 6) is -0.00403. The van der Waals surface area contributed by atoms with Gasteiger partial charge in [-0.05, 0) is 18.6 Å². The highest BCUT2D eigenvalue weighted by molar-refractivity contribution is 5.23. The maximum atomic E-state index is 12.9. The number of ether oxygens (including phenoxy) is 1. The van der Waals surface area contributed by atoms with Gasteiger partial charge in [0.15, 0.2) is 11.6 Å². The fourth-order valence-corrected chi connectivity index (χ4v) is 0.934. The first-order valence-electron chi connectivity index (χ1n) is 4.37. The third-order valence-electron chi connectivity index (χ3n) is 1.57. The van der Waals surface area contributed by atoms with Crippen LogP contribution < -0.4 is 4.74 Å². The van der Waals surface area contributed by atoms with Gasteiger partial charge in [0.1, 0.15) is 6.61 Å². The number of hydrogen-bond acceptors (Lipinski definition) is 1. The molecule has 1 aromatic rings. The topological polar surface area (TPSA) is 9.23 Å². The highest BCUT2D eigenvalue weighted by atomic mass is 19.1. The molecule has 2 heteroatoms. The Balaban J connectivity index is 2.45. The largest absolute Gasteiger partial charge is 0.486 e. The van der Waals surface area contributed by atoms with Gasteiger partial charge in [0.25, 0.3) is 0 Å². The van der Waals surface area contributed by atoms with Gasteiger partial charge in [-0.1, -0.05) is 31.2 Å². The summed E-state index contributed by atoms with van der Waals surface area (Å²) in [6, 6.07) is 6.40. The van der Waals surface area contributed by atoms with Crippen LogP contribution in [0.25, 0.3) is 0 Å². The lowest BCUT2D eigenvalue weighted by Crippen LogP contribution is -1.95. The summed E-state index contributed by atoms with van der Waals surface area (Å²) in [6.07, 6.45) is 4.84. The van der Waals surface area contributed by atoms with Crippen molar-refractivity contribution in [2.45, 2.75) is 13.3 Å². The lowest BCUT2D eigenvalue weighted by Gasteiger charge is -2.02. The summed E-state index contributed by atoms with van der Waals surface area (Å²) in [7, 11) is 0. The quantitative estimate of drug-likeness (QED) is 0.646. The molecule has 0 fully saturated rings. The van der Waals surface area contributed by atoms with E-state index >= 15 is 0 Å². The van der Waals surface area contributed by atoms with Gasteiger partial charge in [-0.25, -0.2) is 4.39 Å². The Morgan fingerprint density at radius 3 is 2.77 bits per heavy atom. The van der Waals surface area contributed by atoms with Crippen molar-refractivity contribution in [1.82, 2.24) is 0 Å². The molecule has 0 radical (unpaired) electrons. The average Bonchev–Trinajstić information content (AvgIpc) is 2.15. The minimum Gasteiger partial charge on any atom is -0.486 e. The SMILES string of the molecule is CCC=CCOc1ccccc1F. The smallest absolute Gasteiger partial charge is 0.165 e. The molecule has 0 saturated carbocycles. The molecular formula is C11H13FO. The zero-order valence-electron chi connectivity index (χ0n) is 7.66. The number of benzene rings is 1. The molecule has 0 spiro atoms. The van der Waals surface area contributed by atoms with Gasteiger partial charge >= 0.3 is 0 Å². The van der Waals surface area contributed by atoms with Gasteiger partial charge in [-0.15, -0.1) is 0 Å². The highest BCUT2D eigenvalue weighted by Crippen LogP contribution is 2.14. The van der Waals surface area contributed by atoms with E-state index in [0.29, 0.717) is 12.4 Å². The molecule has 1 aromatic carbocycles. The molecule has 0 heterocycles. The van der Waals surface area contributed by atoms with E-state index in [-0.39, 0.29) is 5.82 Å². The van der Waals surface area contributed by atoms with Crippen molar-refractivity contribution in [3.8, 4) is 5.75 Å². The van der Waals surface area contributed by atoms with E-state index in [0.717, 1.165) is 6.42 Å². The van der Waals surface area contributed by atoms with E-state index in [1.165, 1.54) is 6.07 Å². The van der Waals surface area contributed by atoms with Gasteiger partial charge in [-0.3, -0.25) is 0 Å². The molecule has 0 saturated heterocycles. The molecule has 70 valence electrons. The maximum absolute atomic E-state index is 12.9. The molecule has 1 rings (SSSR count). The lowest BCUT2D eigenvalue weighted by atomic mass is 10.3. The van der Waals surface area contributed by atoms with Gasteiger partial charge in [0.2, 0.25) is 0 Å². The standard InChI is InChI=1S/C11H13FO/c1-2-3-6-9-13-11-8-5-4-7-10(11)12/h3-8H,2,9H2,1H3. The Hall–Kier alpha value is -1.31. The van der Waals surface area contributed by atoms with Gasteiger partial charge in [-0.2, -0.15) is 0 Å². The van der Waals surface area contributed by atoms with E-state index in [4.69, 9.17) is 4.74 Å². The Kier molecular flexibility index (Phi) is 4.03. The normalized spacial score (nSPS) is 10.6. The van der Waals surface area contributed by atoms with Crippen molar-refractivity contribution in [2.75, 3.05) is 6.61 Å². The van der Waals surface area contributed by atoms with Crippen LogP contribution in [0.2, 0.25) is 0 Å². The maximum Gasteiger partial charge on any atom is 0.165 e. The molecule has 0 unspecified atom stereocenters. The number of rotatable bonds is 4. The fourth-order valence-electron chi connectivity index (χ4n) is 0.934. The molecule has 0 aromatic heterocycles. The third kappa shape index (κ3) is 3.28. The van der Waals surface area contributed by atoms with Crippen LogP contribution in [0.3, 0.4) is 0 Å². The average molecular weight is 180 g/mol. The summed E-state index contributed by atoms with van der Waals surface area (Å²) in [4.78, 5) is 0. The second-order valence-corrected chi connectivity index (χ2v) is 2.62. The van der Waals surface area contributed by atoms with Crippen molar-refractivity contribution < 1.29 is 9.13 Å². The van der Waals surface area contributed by atoms with E-state index < -0.39 is 0 Å². The summed E-state index contributed by atoms with van der Waals surface area (Å²) in [5, 5.41) is 0. The van der Waals surface area contributed by atoms with Crippen LogP contribution >= 0.6 is 0 Å². The third-order valence-corrected chi connectivity index (χ3v) is 1.57. The second-order valence-electron chi connectivity index (χ2n) is 2.62. The van der Waals surface area contributed by atoms with Crippen LogP contribution in [0.15, 0.2) is 36.4 Å². The van der Waals surface area contributed by atoms with Crippen molar-refractivity contribution >= 4 is 0 Å². The van der Waals surface area contributed by atoms with Gasteiger partial charge in [0.05, 0.1) is 0 Å². The second kappa shape index (κ2) is 5.36. The highest BCUT2D eigenvalue weighted by Gasteiger charge is 1.98. The molecule has 0 aliphatic carbocycles. The zero-order valence-corrected chi connectivity index (χ0v) is 7.66. The van der Waals surface area contributed by atoms with Crippen LogP contribution in [0, 0.1) is 5.82 Å². The van der Waals surface area contributed by atoms with E-state index in [9.17, 15) is 4.39 Å². The van der Waals surface area contributed by atoms with Crippen LogP contribution in [0.5, 0.6) is 5.75 Å². The zero-order chi connectivity index (χ0) is 9.52. The van der Waals surface area contributed by atoms with E-state index in [1.807, 2.05) is 19.1 Å². The molecule has 0 aliphatic heterocycles. The van der Waals surface area contributed by atoms with Crippen molar-refractivity contribution in [3.05, 3.63) is 42.2 Å². The Morgan fingerprint density at radius 2 is 2.08 bits per heavy atom. The summed E-state index contributed by atoms with van der Waals surface area (Å²) >= 11 is 0. The Bertz CT molecular complexity index is 281. The number of hydrogen-bond donors (Lipinski definition) is 0. The molecule has 13 heavy (non-hydrogen) atoms. The lowest BCUT2D eigenvalue weighted by molar-refractivity contribution is 0.341. The van der Waals surface area contributed by atoms with Crippen molar-refractivity contribution in [1.29, 1.82) is 0 Å². The monoisotopic (exact) mass is 180 g/mol. The summed E-state index contributed by atoms with van der Waals surface area (Å²) in [6.45, 7) is 2.47. The predicted molar refractivity (Wildman–Crippen MR) is 51.3 cm³/mol. The Labute approximate surface area is 77.8 Å². The summed E-state index contributed by atoms with van der Waals surface area (Å²) in [5.41, 5.74) is 0. The Morgan fingerprint density at radius 1 is 1.31 bits per heavy atom. The molecule has 0 atom stereocenters. The van der Waals surface area contributed by atoms with Gasteiger partial charge in [0, 0.05) is 0 Å². The van der Waals surface area contributed by atoms with E-state index in [1.54, 1.807) is 18.2 Å². The molecule has 0 N–H and O–H groups in total. The summed E-state index contributed by atoms with van der Waals surface area (Å²) < 4.78 is 18.1. The van der Waals surface area contributed by atoms with Crippen LogP contribution in [-0.2, 0) is 0 Å². The molecule has 1 nitrogen and oxygen atoms in total. The molecule has 0 bridgehead atoms. The number of halogens is 1. The number of para-hydroxylation sites is 1. The van der Waals surface area contributed by atoms with E-state index in [2.05, 4.69) is 0 Å². The first-order valence-corrected chi connectivity index (χ1v) is 4.37. The predicted octanol–water partition coefficient (Wildman–Crippen LogP) is 3.17. The molecular weight excluding hydrogens is 167 g/mol. The minimum atomic E-state index is -0.313. The fraction of sp³-hybridized carbons (Fsp3) is 0.273. The van der Waals surface area contributed by atoms with Gasteiger partial charge < -0.3 is 4.74 Å².